The van der Waals surface area contributed by atoms with Gasteiger partial charge in [0.1, 0.15) is 0 Å². The fourth-order valence-corrected chi connectivity index (χ4v) is 1.41. The average Bonchev–Trinajstić information content (AvgIpc) is 2.32. The highest BCUT2D eigenvalue weighted by atomic mass is 15.1. The van der Waals surface area contributed by atoms with Crippen molar-refractivity contribution < 1.29 is 0 Å². The molecule has 1 aromatic heterocycles. The fourth-order valence-electron chi connectivity index (χ4n) is 1.41. The van der Waals surface area contributed by atoms with E-state index in [-0.39, 0.29) is 0 Å². The van der Waals surface area contributed by atoms with E-state index in [1.807, 2.05) is 25.1 Å². The zero-order chi connectivity index (χ0) is 10.5. The number of nitrogens with zero attached hydrogens (tertiary/aromatic N) is 2. The molecular formula is C13H12N2. The van der Waals surface area contributed by atoms with Crippen LogP contribution in [0.25, 0.3) is 17.3 Å². The van der Waals surface area contributed by atoms with Crippen LogP contribution >= 0.6 is 0 Å². The molecule has 0 saturated heterocycles. The minimum atomic E-state index is 0.907. The van der Waals surface area contributed by atoms with Gasteiger partial charge in [-0.05, 0) is 24.6 Å². The maximum absolute atomic E-state index is 4.06. The molecule has 1 heterocycles. The summed E-state index contributed by atoms with van der Waals surface area (Å²) in [6.07, 6.45) is 5.77. The Morgan fingerprint density at radius 3 is 2.47 bits per heavy atom. The van der Waals surface area contributed by atoms with E-state index < -0.39 is 0 Å². The summed E-state index contributed by atoms with van der Waals surface area (Å²) in [7, 11) is 0. The third-order valence-electron chi connectivity index (χ3n) is 2.14. The standard InChI is InChI=1S/C13H12N2/c1-2-4-11-6-8-12(9-7-11)13-5-3-10-14-15-13/h2-10H,1H3/b4-2+. The van der Waals surface area contributed by atoms with Crippen LogP contribution in [0.3, 0.4) is 0 Å². The van der Waals surface area contributed by atoms with Gasteiger partial charge < -0.3 is 0 Å². The minimum absolute atomic E-state index is 0.907. The SMILES string of the molecule is C/C=C/c1ccc(-c2cccnn2)cc1. The molecule has 0 spiro atoms. The van der Waals surface area contributed by atoms with E-state index in [2.05, 4.69) is 40.5 Å². The quantitative estimate of drug-likeness (QED) is 0.737. The summed E-state index contributed by atoms with van der Waals surface area (Å²) in [6, 6.07) is 12.1. The molecule has 0 radical (unpaired) electrons. The Hall–Kier alpha value is -1.96. The Kier molecular flexibility index (Phi) is 2.88. The van der Waals surface area contributed by atoms with Crippen LogP contribution in [0.4, 0.5) is 0 Å². The average molecular weight is 196 g/mol. The van der Waals surface area contributed by atoms with Crippen molar-refractivity contribution in [3.63, 3.8) is 0 Å². The Morgan fingerprint density at radius 1 is 1.07 bits per heavy atom. The van der Waals surface area contributed by atoms with Crippen molar-refractivity contribution in [2.45, 2.75) is 6.92 Å². The summed E-state index contributed by atoms with van der Waals surface area (Å²) < 4.78 is 0. The summed E-state index contributed by atoms with van der Waals surface area (Å²) in [5.41, 5.74) is 3.20. The number of aromatic nitrogens is 2. The van der Waals surface area contributed by atoms with Crippen LogP contribution in [0.15, 0.2) is 48.7 Å². The summed E-state index contributed by atoms with van der Waals surface area (Å²) in [5.74, 6) is 0. The molecule has 0 atom stereocenters. The largest absolute Gasteiger partial charge is 0.159 e. The number of benzene rings is 1. The topological polar surface area (TPSA) is 25.8 Å². The molecule has 0 aliphatic rings. The van der Waals surface area contributed by atoms with Crippen LogP contribution in [0.5, 0.6) is 0 Å². The monoisotopic (exact) mass is 196 g/mol. The van der Waals surface area contributed by atoms with Crippen molar-refractivity contribution in [3.8, 4) is 11.3 Å². The smallest absolute Gasteiger partial charge is 0.0929 e. The lowest BCUT2D eigenvalue weighted by molar-refractivity contribution is 1.04. The van der Waals surface area contributed by atoms with Crippen LogP contribution in [-0.2, 0) is 0 Å². The minimum Gasteiger partial charge on any atom is -0.159 e. The van der Waals surface area contributed by atoms with Crippen molar-refractivity contribution >= 4 is 6.08 Å². The highest BCUT2D eigenvalue weighted by Crippen LogP contribution is 2.16. The van der Waals surface area contributed by atoms with Crippen molar-refractivity contribution in [2.75, 3.05) is 0 Å². The van der Waals surface area contributed by atoms with Crippen LogP contribution in [0.1, 0.15) is 12.5 Å². The second-order valence-electron chi connectivity index (χ2n) is 3.23. The second-order valence-corrected chi connectivity index (χ2v) is 3.23. The van der Waals surface area contributed by atoms with Gasteiger partial charge in [0, 0.05) is 11.8 Å². The molecule has 0 aliphatic heterocycles. The normalized spacial score (nSPS) is 10.7. The first-order chi connectivity index (χ1) is 7.40. The van der Waals surface area contributed by atoms with Crippen LogP contribution in [-0.4, -0.2) is 10.2 Å². The second kappa shape index (κ2) is 4.51. The molecule has 0 amide bonds. The van der Waals surface area contributed by atoms with Crippen LogP contribution in [0.2, 0.25) is 0 Å². The maximum Gasteiger partial charge on any atom is 0.0929 e. The number of hydrogen-bond donors (Lipinski definition) is 0. The van der Waals surface area contributed by atoms with E-state index in [4.69, 9.17) is 0 Å². The van der Waals surface area contributed by atoms with Gasteiger partial charge in [-0.2, -0.15) is 10.2 Å². The van der Waals surface area contributed by atoms with Gasteiger partial charge in [-0.25, -0.2) is 0 Å². The van der Waals surface area contributed by atoms with E-state index in [1.54, 1.807) is 6.20 Å². The molecule has 0 N–H and O–H groups in total. The van der Waals surface area contributed by atoms with Crippen LogP contribution < -0.4 is 0 Å². The van der Waals surface area contributed by atoms with E-state index in [0.29, 0.717) is 0 Å². The summed E-state index contributed by atoms with van der Waals surface area (Å²) in [5, 5.41) is 7.91. The molecule has 0 aliphatic carbocycles. The third-order valence-corrected chi connectivity index (χ3v) is 2.14. The summed E-state index contributed by atoms with van der Waals surface area (Å²) in [4.78, 5) is 0. The Morgan fingerprint density at radius 2 is 1.87 bits per heavy atom. The number of hydrogen-bond acceptors (Lipinski definition) is 2. The molecule has 2 aromatic rings. The molecular weight excluding hydrogens is 184 g/mol. The van der Waals surface area contributed by atoms with Gasteiger partial charge in [0.15, 0.2) is 0 Å². The van der Waals surface area contributed by atoms with Gasteiger partial charge in [-0.15, -0.1) is 0 Å². The summed E-state index contributed by atoms with van der Waals surface area (Å²) in [6.45, 7) is 2.01. The first-order valence-electron chi connectivity index (χ1n) is 4.91. The van der Waals surface area contributed by atoms with Gasteiger partial charge >= 0.3 is 0 Å². The number of rotatable bonds is 2. The molecule has 74 valence electrons. The summed E-state index contributed by atoms with van der Waals surface area (Å²) >= 11 is 0. The first-order valence-corrected chi connectivity index (χ1v) is 4.91. The predicted molar refractivity (Wildman–Crippen MR) is 62.2 cm³/mol. The lowest BCUT2D eigenvalue weighted by Gasteiger charge is -1.99. The van der Waals surface area contributed by atoms with Crippen molar-refractivity contribution in [3.05, 3.63) is 54.2 Å². The van der Waals surface area contributed by atoms with Crippen molar-refractivity contribution in [1.29, 1.82) is 0 Å². The zero-order valence-corrected chi connectivity index (χ0v) is 8.59. The van der Waals surface area contributed by atoms with Crippen LogP contribution in [0, 0.1) is 0 Å². The molecule has 15 heavy (non-hydrogen) atoms. The lowest BCUT2D eigenvalue weighted by atomic mass is 10.1. The van der Waals surface area contributed by atoms with E-state index in [0.717, 1.165) is 11.3 Å². The maximum atomic E-state index is 4.06. The predicted octanol–water partition coefficient (Wildman–Crippen LogP) is 3.18. The van der Waals surface area contributed by atoms with Gasteiger partial charge in [-0.3, -0.25) is 0 Å². The number of allylic oxidation sites excluding steroid dienone is 1. The molecule has 2 heteroatoms. The molecule has 2 rings (SSSR count). The van der Waals surface area contributed by atoms with Crippen molar-refractivity contribution in [2.24, 2.45) is 0 Å². The Labute approximate surface area is 89.3 Å². The molecule has 0 saturated carbocycles. The van der Waals surface area contributed by atoms with Gasteiger partial charge in [-0.1, -0.05) is 36.4 Å². The highest BCUT2D eigenvalue weighted by Gasteiger charge is 1.97. The van der Waals surface area contributed by atoms with Gasteiger partial charge in [0.25, 0.3) is 0 Å². The van der Waals surface area contributed by atoms with Gasteiger partial charge in [0.05, 0.1) is 5.69 Å². The van der Waals surface area contributed by atoms with Crippen molar-refractivity contribution in [1.82, 2.24) is 10.2 Å². The van der Waals surface area contributed by atoms with E-state index in [1.165, 1.54) is 5.56 Å². The molecule has 0 bridgehead atoms. The molecule has 0 fully saturated rings. The zero-order valence-electron chi connectivity index (χ0n) is 8.59. The van der Waals surface area contributed by atoms with E-state index in [9.17, 15) is 0 Å². The Balaban J connectivity index is 2.32. The third kappa shape index (κ3) is 2.29. The lowest BCUT2D eigenvalue weighted by Crippen LogP contribution is -1.85. The fraction of sp³-hybridized carbons (Fsp3) is 0.0769. The van der Waals surface area contributed by atoms with E-state index >= 15 is 0 Å². The first kappa shape index (κ1) is 9.59. The molecule has 1 aromatic carbocycles. The van der Waals surface area contributed by atoms with Gasteiger partial charge in [0.2, 0.25) is 0 Å². The Bertz CT molecular complexity index is 444. The molecule has 0 unspecified atom stereocenters. The highest BCUT2D eigenvalue weighted by molar-refractivity contribution is 5.61. The molecule has 2 nitrogen and oxygen atoms in total.